The van der Waals surface area contributed by atoms with Crippen molar-refractivity contribution in [3.05, 3.63) is 23.5 Å². The molecule has 0 aliphatic carbocycles. The van der Waals surface area contributed by atoms with Gasteiger partial charge in [-0.3, -0.25) is 14.4 Å². The van der Waals surface area contributed by atoms with E-state index < -0.39 is 5.97 Å². The summed E-state index contributed by atoms with van der Waals surface area (Å²) in [6, 6.07) is 1.57. The van der Waals surface area contributed by atoms with Crippen molar-refractivity contribution in [2.45, 2.75) is 32.6 Å². The largest absolute Gasteiger partial charge is 0.481 e. The molecule has 0 aromatic carbocycles. The first-order chi connectivity index (χ1) is 9.97. The van der Waals surface area contributed by atoms with Gasteiger partial charge in [0, 0.05) is 31.3 Å². The molecule has 1 fully saturated rings. The van der Waals surface area contributed by atoms with E-state index in [2.05, 4.69) is 4.98 Å². The molecule has 1 saturated heterocycles. The highest BCUT2D eigenvalue weighted by Gasteiger charge is 2.25. The second kappa shape index (κ2) is 6.56. The lowest BCUT2D eigenvalue weighted by Gasteiger charge is -2.32. The lowest BCUT2D eigenvalue weighted by molar-refractivity contribution is -0.137. The van der Waals surface area contributed by atoms with Crippen molar-refractivity contribution in [2.75, 3.05) is 13.1 Å². The minimum Gasteiger partial charge on any atom is -0.481 e. The Balaban J connectivity index is 1.97. The molecule has 0 bridgehead atoms. The number of aromatic amines is 1. The van der Waals surface area contributed by atoms with Crippen molar-refractivity contribution in [3.8, 4) is 0 Å². The summed E-state index contributed by atoms with van der Waals surface area (Å²) in [5.41, 5.74) is 0.914. The predicted octanol–water partition coefficient (Wildman–Crippen LogP) is 1.93. The third-order valence-electron chi connectivity index (χ3n) is 3.89. The van der Waals surface area contributed by atoms with E-state index in [0.29, 0.717) is 30.8 Å². The Morgan fingerprint density at radius 1 is 1.43 bits per heavy atom. The lowest BCUT2D eigenvalue weighted by atomic mass is 9.93. The third-order valence-corrected chi connectivity index (χ3v) is 3.89. The van der Waals surface area contributed by atoms with Gasteiger partial charge in [-0.2, -0.15) is 0 Å². The number of hydrogen-bond acceptors (Lipinski definition) is 3. The highest BCUT2D eigenvalue weighted by Crippen LogP contribution is 2.22. The quantitative estimate of drug-likeness (QED) is 0.811. The number of ketones is 1. The fourth-order valence-electron chi connectivity index (χ4n) is 2.70. The molecule has 1 aromatic rings. The molecule has 0 radical (unpaired) electrons. The number of carboxylic acids is 1. The molecule has 1 aromatic heterocycles. The monoisotopic (exact) mass is 292 g/mol. The number of aromatic nitrogens is 1. The number of hydrogen-bond donors (Lipinski definition) is 2. The van der Waals surface area contributed by atoms with Crippen LogP contribution in [0.25, 0.3) is 0 Å². The second-order valence-corrected chi connectivity index (χ2v) is 5.55. The van der Waals surface area contributed by atoms with Gasteiger partial charge in [0.1, 0.15) is 5.69 Å². The molecule has 21 heavy (non-hydrogen) atoms. The molecular formula is C15H20N2O4. The smallest absolute Gasteiger partial charge is 0.303 e. The van der Waals surface area contributed by atoms with Crippen molar-refractivity contribution in [1.29, 1.82) is 0 Å². The van der Waals surface area contributed by atoms with Crippen LogP contribution in [0.1, 0.15) is 53.5 Å². The van der Waals surface area contributed by atoms with E-state index in [9.17, 15) is 14.4 Å². The van der Waals surface area contributed by atoms with E-state index in [1.165, 1.54) is 6.92 Å². The van der Waals surface area contributed by atoms with E-state index in [0.717, 1.165) is 12.8 Å². The Labute approximate surface area is 123 Å². The van der Waals surface area contributed by atoms with Gasteiger partial charge in [-0.05, 0) is 38.2 Å². The molecule has 114 valence electrons. The number of carboxylic acid groups (broad SMARTS) is 1. The van der Waals surface area contributed by atoms with Crippen molar-refractivity contribution >= 4 is 17.7 Å². The number of aliphatic carboxylic acids is 1. The highest BCUT2D eigenvalue weighted by molar-refractivity contribution is 5.99. The minimum absolute atomic E-state index is 0.0803. The number of carbonyl (C=O) groups excluding carboxylic acids is 2. The van der Waals surface area contributed by atoms with E-state index in [1.807, 2.05) is 0 Å². The molecule has 1 aliphatic heterocycles. The van der Waals surface area contributed by atoms with E-state index in [1.54, 1.807) is 17.2 Å². The van der Waals surface area contributed by atoms with E-state index in [4.69, 9.17) is 5.11 Å². The van der Waals surface area contributed by atoms with Crippen LogP contribution in [0, 0.1) is 5.92 Å². The Kier molecular flexibility index (Phi) is 4.77. The van der Waals surface area contributed by atoms with Gasteiger partial charge >= 0.3 is 5.97 Å². The van der Waals surface area contributed by atoms with Crippen molar-refractivity contribution < 1.29 is 19.5 Å². The standard InChI is InChI=1S/C15H20N2O4/c1-10(18)12-7-13(16-8-12)15(21)17-6-2-3-11(9-17)4-5-14(19)20/h7-8,11,16H,2-6,9H2,1H3,(H,19,20). The fourth-order valence-corrected chi connectivity index (χ4v) is 2.70. The molecule has 6 heteroatoms. The number of nitrogens with one attached hydrogen (secondary N) is 1. The number of likely N-dealkylation sites (tertiary alicyclic amines) is 1. The Morgan fingerprint density at radius 3 is 2.81 bits per heavy atom. The van der Waals surface area contributed by atoms with Crippen LogP contribution in [0.5, 0.6) is 0 Å². The molecule has 2 N–H and O–H groups in total. The van der Waals surface area contributed by atoms with Crippen molar-refractivity contribution in [1.82, 2.24) is 9.88 Å². The van der Waals surface area contributed by atoms with Gasteiger partial charge in [0.2, 0.25) is 0 Å². The third kappa shape index (κ3) is 3.93. The molecule has 1 unspecified atom stereocenters. The first kappa shape index (κ1) is 15.3. The normalized spacial score (nSPS) is 18.5. The maximum atomic E-state index is 12.4. The van der Waals surface area contributed by atoms with Gasteiger partial charge in [0.25, 0.3) is 5.91 Å². The fraction of sp³-hybridized carbons (Fsp3) is 0.533. The zero-order valence-electron chi connectivity index (χ0n) is 12.1. The summed E-state index contributed by atoms with van der Waals surface area (Å²) in [5, 5.41) is 8.73. The molecular weight excluding hydrogens is 272 g/mol. The number of nitrogens with zero attached hydrogens (tertiary/aromatic N) is 1. The topological polar surface area (TPSA) is 90.5 Å². The van der Waals surface area contributed by atoms with Crippen LogP contribution in [-0.4, -0.2) is 45.7 Å². The lowest BCUT2D eigenvalue weighted by Crippen LogP contribution is -2.40. The van der Waals surface area contributed by atoms with Crippen LogP contribution in [0.4, 0.5) is 0 Å². The molecule has 6 nitrogen and oxygen atoms in total. The highest BCUT2D eigenvalue weighted by atomic mass is 16.4. The van der Waals surface area contributed by atoms with Gasteiger partial charge in [0.05, 0.1) is 0 Å². The van der Waals surface area contributed by atoms with Crippen LogP contribution in [0.3, 0.4) is 0 Å². The molecule has 0 saturated carbocycles. The average molecular weight is 292 g/mol. The van der Waals surface area contributed by atoms with Gasteiger partial charge in [-0.15, -0.1) is 0 Å². The van der Waals surface area contributed by atoms with Crippen molar-refractivity contribution in [2.24, 2.45) is 5.92 Å². The Bertz CT molecular complexity index is 550. The Hall–Kier alpha value is -2.11. The Morgan fingerprint density at radius 2 is 2.19 bits per heavy atom. The summed E-state index contributed by atoms with van der Waals surface area (Å²) in [6.07, 6.45) is 4.13. The summed E-state index contributed by atoms with van der Waals surface area (Å²) < 4.78 is 0. The number of piperidine rings is 1. The number of rotatable bonds is 5. The van der Waals surface area contributed by atoms with Crippen LogP contribution < -0.4 is 0 Å². The van der Waals surface area contributed by atoms with Crippen molar-refractivity contribution in [3.63, 3.8) is 0 Å². The van der Waals surface area contributed by atoms with Gasteiger partial charge in [-0.1, -0.05) is 0 Å². The zero-order valence-corrected chi connectivity index (χ0v) is 12.1. The number of carbonyl (C=O) groups is 3. The van der Waals surface area contributed by atoms with Gasteiger partial charge in [0.15, 0.2) is 5.78 Å². The molecule has 1 aliphatic rings. The minimum atomic E-state index is -0.797. The summed E-state index contributed by atoms with van der Waals surface area (Å²) in [5.74, 6) is -0.763. The molecule has 2 rings (SSSR count). The SMILES string of the molecule is CC(=O)c1c[nH]c(C(=O)N2CCCC(CCC(=O)O)C2)c1. The maximum Gasteiger partial charge on any atom is 0.303 e. The van der Waals surface area contributed by atoms with E-state index in [-0.39, 0.29) is 24.0 Å². The summed E-state index contributed by atoms with van der Waals surface area (Å²) in [7, 11) is 0. The number of amides is 1. The molecule has 2 heterocycles. The molecule has 1 amide bonds. The summed E-state index contributed by atoms with van der Waals surface area (Å²) in [4.78, 5) is 38.9. The average Bonchev–Trinajstić information content (AvgIpc) is 2.94. The second-order valence-electron chi connectivity index (χ2n) is 5.55. The van der Waals surface area contributed by atoms with Crippen LogP contribution in [-0.2, 0) is 4.79 Å². The summed E-state index contributed by atoms with van der Waals surface area (Å²) in [6.45, 7) is 2.72. The predicted molar refractivity (Wildman–Crippen MR) is 76.3 cm³/mol. The van der Waals surface area contributed by atoms with E-state index >= 15 is 0 Å². The van der Waals surface area contributed by atoms with Crippen LogP contribution in [0.2, 0.25) is 0 Å². The number of H-pyrrole nitrogens is 1. The van der Waals surface area contributed by atoms with Gasteiger partial charge < -0.3 is 15.0 Å². The van der Waals surface area contributed by atoms with Gasteiger partial charge in [-0.25, -0.2) is 0 Å². The number of Topliss-reactive ketones (excluding diaryl/α,β-unsaturated/α-hetero) is 1. The first-order valence-corrected chi connectivity index (χ1v) is 7.18. The first-order valence-electron chi connectivity index (χ1n) is 7.18. The zero-order chi connectivity index (χ0) is 15.4. The molecule has 0 spiro atoms. The summed E-state index contributed by atoms with van der Waals surface area (Å²) >= 11 is 0. The van der Waals surface area contributed by atoms with Crippen LogP contribution in [0.15, 0.2) is 12.3 Å². The van der Waals surface area contributed by atoms with Crippen LogP contribution >= 0.6 is 0 Å². The maximum absolute atomic E-state index is 12.4. The molecule has 1 atom stereocenters.